The largest absolute Gasteiger partial charge is 0.351 e. The molecule has 4 heteroatoms. The lowest BCUT2D eigenvalue weighted by Crippen LogP contribution is -1.87. The molecule has 0 aromatic heterocycles. The first-order valence-corrected chi connectivity index (χ1v) is 2.67. The van der Waals surface area contributed by atoms with Crippen LogP contribution >= 0.6 is 0 Å². The lowest BCUT2D eigenvalue weighted by atomic mass is 10.5. The minimum absolute atomic E-state index is 0.0625. The molecule has 10 heavy (non-hydrogen) atoms. The highest BCUT2D eigenvalue weighted by Crippen LogP contribution is 1.98. The predicted molar refractivity (Wildman–Crippen MR) is 31.8 cm³/mol. The Balaban J connectivity index is 3.90. The second kappa shape index (κ2) is 5.46. The third kappa shape index (κ3) is 3.34. The summed E-state index contributed by atoms with van der Waals surface area (Å²) in [6.07, 6.45) is 4.93. The van der Waals surface area contributed by atoms with Gasteiger partial charge in [-0.25, -0.2) is 0 Å². The molecular weight excluding hydrogens is 132 g/mol. The summed E-state index contributed by atoms with van der Waals surface area (Å²) in [5, 5.41) is 16.0. The van der Waals surface area contributed by atoms with Crippen LogP contribution in [0.15, 0.2) is 12.0 Å². The molecule has 0 saturated carbocycles. The molecule has 0 fully saturated rings. The molecule has 52 valence electrons. The topological polar surface area (TPSA) is 66.0 Å². The molecule has 0 atom stereocenters. The molecule has 0 aliphatic carbocycles. The maximum atomic E-state index is 7.99. The van der Waals surface area contributed by atoms with Gasteiger partial charge < -0.3 is 9.47 Å². The van der Waals surface area contributed by atoms with Gasteiger partial charge in [0.1, 0.15) is 0 Å². The van der Waals surface area contributed by atoms with Crippen molar-refractivity contribution in [2.24, 2.45) is 0 Å². The zero-order valence-electron chi connectivity index (χ0n) is 5.50. The molecule has 0 aromatic rings. The molecular formula is C6H6N2O2. The fraction of sp³-hybridized carbons (Fsp3) is 0.333. The first-order valence-electron chi connectivity index (χ1n) is 2.67. The summed E-state index contributed by atoms with van der Waals surface area (Å²) in [6.45, 7) is 1.83. The van der Waals surface area contributed by atoms with Gasteiger partial charge in [0.25, 0.3) is 12.5 Å². The normalized spacial score (nSPS) is 6.70. The van der Waals surface area contributed by atoms with Crippen LogP contribution in [-0.4, -0.2) is 0 Å². The SMILES string of the molecule is CCC=C(OC#N)OC#N. The molecule has 0 aliphatic heterocycles. The van der Waals surface area contributed by atoms with Gasteiger partial charge >= 0.3 is 5.95 Å². The van der Waals surface area contributed by atoms with E-state index in [0.29, 0.717) is 6.42 Å². The summed E-state index contributed by atoms with van der Waals surface area (Å²) >= 11 is 0. The number of hydrogen-bond acceptors (Lipinski definition) is 4. The molecule has 0 rings (SSSR count). The third-order valence-corrected chi connectivity index (χ3v) is 0.663. The van der Waals surface area contributed by atoms with Crippen molar-refractivity contribution in [2.45, 2.75) is 13.3 Å². The molecule has 0 bridgehead atoms. The summed E-state index contributed by atoms with van der Waals surface area (Å²) < 4.78 is 8.49. The fourth-order valence-electron chi connectivity index (χ4n) is 0.361. The van der Waals surface area contributed by atoms with Crippen molar-refractivity contribution in [3.8, 4) is 12.5 Å². The highest BCUT2D eigenvalue weighted by atomic mass is 16.7. The number of rotatable bonds is 3. The van der Waals surface area contributed by atoms with Crippen molar-refractivity contribution in [1.82, 2.24) is 0 Å². The molecule has 0 N–H and O–H groups in total. The van der Waals surface area contributed by atoms with Gasteiger partial charge in [0, 0.05) is 0 Å². The van der Waals surface area contributed by atoms with Crippen LogP contribution in [0.5, 0.6) is 0 Å². The first-order chi connectivity index (χ1) is 4.85. The van der Waals surface area contributed by atoms with Gasteiger partial charge in [0.15, 0.2) is 0 Å². The van der Waals surface area contributed by atoms with Crippen LogP contribution in [0.25, 0.3) is 0 Å². The van der Waals surface area contributed by atoms with Crippen molar-refractivity contribution in [3.05, 3.63) is 12.0 Å². The predicted octanol–water partition coefficient (Wildman–Crippen LogP) is 1.23. The number of nitrogens with zero attached hydrogens (tertiary/aromatic N) is 2. The lowest BCUT2D eigenvalue weighted by molar-refractivity contribution is 0.169. The summed E-state index contributed by atoms with van der Waals surface area (Å²) in [6, 6.07) is 0. The van der Waals surface area contributed by atoms with Crippen LogP contribution < -0.4 is 0 Å². The van der Waals surface area contributed by atoms with Crippen LogP contribution in [0.1, 0.15) is 13.3 Å². The molecule has 0 aromatic carbocycles. The van der Waals surface area contributed by atoms with E-state index in [0.717, 1.165) is 0 Å². The molecule has 0 radical (unpaired) electrons. The Hall–Kier alpha value is -1.68. The maximum absolute atomic E-state index is 7.99. The average molecular weight is 138 g/mol. The summed E-state index contributed by atoms with van der Waals surface area (Å²) in [5.74, 6) is -0.0625. The van der Waals surface area contributed by atoms with Crippen molar-refractivity contribution in [1.29, 1.82) is 10.5 Å². The van der Waals surface area contributed by atoms with Gasteiger partial charge in [-0.1, -0.05) is 6.92 Å². The number of allylic oxidation sites excluding steroid dienone is 1. The highest BCUT2D eigenvalue weighted by molar-refractivity contribution is 4.87. The first kappa shape index (κ1) is 8.32. The van der Waals surface area contributed by atoms with Gasteiger partial charge in [0.05, 0.1) is 0 Å². The molecule has 0 unspecified atom stereocenters. The van der Waals surface area contributed by atoms with Gasteiger partial charge in [-0.3, -0.25) is 0 Å². The maximum Gasteiger partial charge on any atom is 0.308 e. The van der Waals surface area contributed by atoms with E-state index >= 15 is 0 Å². The molecule has 0 amide bonds. The van der Waals surface area contributed by atoms with E-state index < -0.39 is 0 Å². The van der Waals surface area contributed by atoms with Crippen LogP contribution in [0.3, 0.4) is 0 Å². The van der Waals surface area contributed by atoms with E-state index in [9.17, 15) is 0 Å². The van der Waals surface area contributed by atoms with E-state index in [4.69, 9.17) is 10.5 Å². The van der Waals surface area contributed by atoms with Crippen molar-refractivity contribution in [3.63, 3.8) is 0 Å². The molecule has 0 saturated heterocycles. The summed E-state index contributed by atoms with van der Waals surface area (Å²) in [7, 11) is 0. The third-order valence-electron chi connectivity index (χ3n) is 0.663. The molecule has 0 aliphatic rings. The minimum atomic E-state index is -0.0625. The fourth-order valence-corrected chi connectivity index (χ4v) is 0.361. The molecule has 4 nitrogen and oxygen atoms in total. The Morgan fingerprint density at radius 1 is 1.40 bits per heavy atom. The van der Waals surface area contributed by atoms with Gasteiger partial charge in [0.2, 0.25) is 0 Å². The van der Waals surface area contributed by atoms with Crippen LogP contribution in [-0.2, 0) is 9.47 Å². The zero-order chi connectivity index (χ0) is 7.82. The van der Waals surface area contributed by atoms with Crippen LogP contribution in [0.2, 0.25) is 0 Å². The van der Waals surface area contributed by atoms with Gasteiger partial charge in [-0.05, 0) is 12.5 Å². The Morgan fingerprint density at radius 2 is 1.90 bits per heavy atom. The van der Waals surface area contributed by atoms with Gasteiger partial charge in [-0.2, -0.15) is 0 Å². The van der Waals surface area contributed by atoms with E-state index in [-0.39, 0.29) is 5.95 Å². The van der Waals surface area contributed by atoms with Crippen molar-refractivity contribution in [2.75, 3.05) is 0 Å². The lowest BCUT2D eigenvalue weighted by Gasteiger charge is -1.93. The standard InChI is InChI=1S/C6H6N2O2/c1-2-3-6(9-4-7)10-5-8/h3H,2H2,1H3. The van der Waals surface area contributed by atoms with Crippen molar-refractivity contribution >= 4 is 0 Å². The van der Waals surface area contributed by atoms with E-state index in [1.54, 1.807) is 0 Å². The minimum Gasteiger partial charge on any atom is -0.351 e. The van der Waals surface area contributed by atoms with Gasteiger partial charge in [-0.15, -0.1) is 10.5 Å². The van der Waals surface area contributed by atoms with Crippen LogP contribution in [0, 0.1) is 23.0 Å². The Morgan fingerprint density at radius 3 is 2.20 bits per heavy atom. The average Bonchev–Trinajstić information content (AvgIpc) is 1.90. The zero-order valence-corrected chi connectivity index (χ0v) is 5.50. The van der Waals surface area contributed by atoms with E-state index in [2.05, 4.69) is 9.47 Å². The van der Waals surface area contributed by atoms with Crippen LogP contribution in [0.4, 0.5) is 0 Å². The summed E-state index contributed by atoms with van der Waals surface area (Å²) in [4.78, 5) is 0. The van der Waals surface area contributed by atoms with E-state index in [1.165, 1.54) is 18.6 Å². The van der Waals surface area contributed by atoms with Crippen molar-refractivity contribution < 1.29 is 9.47 Å². The quantitative estimate of drug-likeness (QED) is 0.434. The monoisotopic (exact) mass is 138 g/mol. The second-order valence-corrected chi connectivity index (χ2v) is 1.32. The van der Waals surface area contributed by atoms with E-state index in [1.807, 2.05) is 6.92 Å². The number of nitriles is 2. The highest BCUT2D eigenvalue weighted by Gasteiger charge is 1.94. The number of hydrogen-bond donors (Lipinski definition) is 0. The molecule has 0 heterocycles. The Bertz CT molecular complexity index is 179. The summed E-state index contributed by atoms with van der Waals surface area (Å²) in [5.41, 5.74) is 0. The Kier molecular flexibility index (Phi) is 4.54. The molecule has 0 spiro atoms. The smallest absolute Gasteiger partial charge is 0.308 e. The Labute approximate surface area is 58.9 Å². The number of ether oxygens (including phenoxy) is 2. The second-order valence-electron chi connectivity index (χ2n) is 1.32.